The van der Waals surface area contributed by atoms with Gasteiger partial charge in [-0.3, -0.25) is 4.79 Å². The second-order valence-electron chi connectivity index (χ2n) is 2.46. The zero-order chi connectivity index (χ0) is 9.84. The van der Waals surface area contributed by atoms with E-state index >= 15 is 0 Å². The molecule has 0 bridgehead atoms. The number of H-pyrrole nitrogens is 1. The fourth-order valence-corrected chi connectivity index (χ4v) is 0.899. The zero-order valence-corrected chi connectivity index (χ0v) is 8.68. The summed E-state index contributed by atoms with van der Waals surface area (Å²) < 4.78 is 0.710. The van der Waals surface area contributed by atoms with Crippen LogP contribution in [0, 0.1) is 6.92 Å². The van der Waals surface area contributed by atoms with Crippen LogP contribution < -0.4 is 5.32 Å². The van der Waals surface area contributed by atoms with Gasteiger partial charge in [-0.05, 0) is 6.92 Å². The van der Waals surface area contributed by atoms with Crippen LogP contribution >= 0.6 is 15.9 Å². The van der Waals surface area contributed by atoms with E-state index in [-0.39, 0.29) is 5.91 Å². The molecular formula is C7H9BrN4O. The van der Waals surface area contributed by atoms with Crippen LogP contribution in [0.25, 0.3) is 0 Å². The Morgan fingerprint density at radius 1 is 1.69 bits per heavy atom. The number of amides is 1. The van der Waals surface area contributed by atoms with Crippen LogP contribution in [-0.4, -0.2) is 27.9 Å². The molecule has 1 rings (SSSR count). The molecule has 70 valence electrons. The van der Waals surface area contributed by atoms with Gasteiger partial charge in [0.1, 0.15) is 0 Å². The van der Waals surface area contributed by atoms with Crippen molar-refractivity contribution in [2.45, 2.75) is 6.92 Å². The maximum atomic E-state index is 11.3. The molecule has 2 N–H and O–H groups in total. The highest BCUT2D eigenvalue weighted by Gasteiger charge is 2.11. The van der Waals surface area contributed by atoms with E-state index in [9.17, 15) is 4.79 Å². The highest BCUT2D eigenvalue weighted by atomic mass is 79.9. The van der Waals surface area contributed by atoms with Crippen molar-refractivity contribution in [1.29, 1.82) is 0 Å². The van der Waals surface area contributed by atoms with Crippen molar-refractivity contribution in [1.82, 2.24) is 20.7 Å². The molecule has 13 heavy (non-hydrogen) atoms. The molecule has 1 amide bonds. The van der Waals surface area contributed by atoms with Crippen molar-refractivity contribution < 1.29 is 4.79 Å². The maximum Gasteiger partial charge on any atom is 0.274 e. The fraction of sp³-hybridized carbons (Fsp3) is 0.286. The molecule has 0 atom stereocenters. The smallest absolute Gasteiger partial charge is 0.274 e. The number of aromatic amines is 1. The lowest BCUT2D eigenvalue weighted by molar-refractivity contribution is 0.0952. The van der Waals surface area contributed by atoms with Crippen LogP contribution in [0.15, 0.2) is 11.1 Å². The van der Waals surface area contributed by atoms with E-state index in [1.165, 1.54) is 0 Å². The molecule has 0 aliphatic rings. The summed E-state index contributed by atoms with van der Waals surface area (Å²) in [6.07, 6.45) is 0. The monoisotopic (exact) mass is 244 g/mol. The Kier molecular flexibility index (Phi) is 3.18. The van der Waals surface area contributed by atoms with Gasteiger partial charge in [-0.15, -0.1) is 0 Å². The zero-order valence-electron chi connectivity index (χ0n) is 7.09. The van der Waals surface area contributed by atoms with Crippen molar-refractivity contribution in [2.24, 2.45) is 0 Å². The summed E-state index contributed by atoms with van der Waals surface area (Å²) >= 11 is 3.13. The second kappa shape index (κ2) is 4.18. The maximum absolute atomic E-state index is 11.3. The van der Waals surface area contributed by atoms with Gasteiger partial charge in [-0.1, -0.05) is 22.5 Å². The second-order valence-corrected chi connectivity index (χ2v) is 3.58. The van der Waals surface area contributed by atoms with Crippen molar-refractivity contribution in [2.75, 3.05) is 6.54 Å². The number of hydrogen-bond donors (Lipinski definition) is 2. The van der Waals surface area contributed by atoms with Crippen LogP contribution in [-0.2, 0) is 0 Å². The van der Waals surface area contributed by atoms with Crippen LogP contribution in [0.1, 0.15) is 16.2 Å². The molecule has 0 spiro atoms. The Balaban J connectivity index is 2.59. The predicted octanol–water partition coefficient (Wildman–Crippen LogP) is 0.752. The van der Waals surface area contributed by atoms with Gasteiger partial charge in [0, 0.05) is 11.0 Å². The van der Waals surface area contributed by atoms with Gasteiger partial charge in [0.15, 0.2) is 5.69 Å². The molecule has 0 radical (unpaired) electrons. The molecule has 1 heterocycles. The Bertz CT molecular complexity index is 333. The SMILES string of the molecule is C=C(Br)CNC(=O)c1n[nH]nc1C. The Morgan fingerprint density at radius 2 is 2.38 bits per heavy atom. The summed E-state index contributed by atoms with van der Waals surface area (Å²) in [4.78, 5) is 11.3. The van der Waals surface area contributed by atoms with Gasteiger partial charge >= 0.3 is 0 Å². The molecule has 0 unspecified atom stereocenters. The summed E-state index contributed by atoms with van der Waals surface area (Å²) in [6, 6.07) is 0. The van der Waals surface area contributed by atoms with E-state index in [0.29, 0.717) is 22.4 Å². The summed E-state index contributed by atoms with van der Waals surface area (Å²) in [5, 5.41) is 12.4. The lowest BCUT2D eigenvalue weighted by atomic mass is 10.3. The molecule has 0 saturated heterocycles. The molecule has 0 saturated carbocycles. The normalized spacial score (nSPS) is 9.69. The molecule has 0 aromatic carbocycles. The number of halogens is 1. The van der Waals surface area contributed by atoms with E-state index in [2.05, 4.69) is 43.2 Å². The topological polar surface area (TPSA) is 70.7 Å². The van der Waals surface area contributed by atoms with Gasteiger partial charge in [-0.2, -0.15) is 15.4 Å². The number of carbonyl (C=O) groups excluding carboxylic acids is 1. The first kappa shape index (κ1) is 9.91. The molecular weight excluding hydrogens is 236 g/mol. The van der Waals surface area contributed by atoms with Crippen LogP contribution in [0.4, 0.5) is 0 Å². The quantitative estimate of drug-likeness (QED) is 0.825. The fourth-order valence-electron chi connectivity index (χ4n) is 0.759. The number of hydrogen-bond acceptors (Lipinski definition) is 3. The minimum Gasteiger partial charge on any atom is -0.346 e. The highest BCUT2D eigenvalue weighted by molar-refractivity contribution is 9.11. The van der Waals surface area contributed by atoms with Gasteiger partial charge < -0.3 is 5.32 Å². The molecule has 0 fully saturated rings. The van der Waals surface area contributed by atoms with Crippen LogP contribution in [0.3, 0.4) is 0 Å². The molecule has 1 aromatic heterocycles. The number of carbonyl (C=O) groups is 1. The van der Waals surface area contributed by atoms with Gasteiger partial charge in [0.25, 0.3) is 5.91 Å². The average molecular weight is 245 g/mol. The minimum absolute atomic E-state index is 0.258. The largest absolute Gasteiger partial charge is 0.346 e. The van der Waals surface area contributed by atoms with Crippen LogP contribution in [0.2, 0.25) is 0 Å². The van der Waals surface area contributed by atoms with E-state index in [1.807, 2.05) is 0 Å². The van der Waals surface area contributed by atoms with Gasteiger partial charge in [-0.25, -0.2) is 0 Å². The van der Waals surface area contributed by atoms with E-state index < -0.39 is 0 Å². The molecule has 1 aromatic rings. The van der Waals surface area contributed by atoms with E-state index in [0.717, 1.165) is 0 Å². The van der Waals surface area contributed by atoms with Crippen LogP contribution in [0.5, 0.6) is 0 Å². The lowest BCUT2D eigenvalue weighted by Crippen LogP contribution is -2.25. The number of aromatic nitrogens is 3. The highest BCUT2D eigenvalue weighted by Crippen LogP contribution is 2.00. The van der Waals surface area contributed by atoms with E-state index in [1.54, 1.807) is 6.92 Å². The molecule has 6 heteroatoms. The third kappa shape index (κ3) is 2.66. The first-order valence-corrected chi connectivity index (χ1v) is 4.39. The molecule has 5 nitrogen and oxygen atoms in total. The van der Waals surface area contributed by atoms with Crippen molar-refractivity contribution in [3.05, 3.63) is 22.4 Å². The van der Waals surface area contributed by atoms with Gasteiger partial charge in [0.2, 0.25) is 0 Å². The standard InChI is InChI=1S/C7H9BrN4O/c1-4(8)3-9-7(13)6-5(2)10-12-11-6/h1,3H2,2H3,(H,9,13)(H,10,11,12). The summed E-state index contributed by atoms with van der Waals surface area (Å²) in [5.74, 6) is -0.258. The Labute approximate surface area is 83.7 Å². The van der Waals surface area contributed by atoms with Crippen molar-refractivity contribution in [3.63, 3.8) is 0 Å². The van der Waals surface area contributed by atoms with Crippen molar-refractivity contribution >= 4 is 21.8 Å². The van der Waals surface area contributed by atoms with E-state index in [4.69, 9.17) is 0 Å². The number of rotatable bonds is 3. The molecule has 0 aliphatic heterocycles. The first-order valence-electron chi connectivity index (χ1n) is 3.60. The van der Waals surface area contributed by atoms with Crippen molar-refractivity contribution in [3.8, 4) is 0 Å². The third-order valence-electron chi connectivity index (χ3n) is 1.38. The minimum atomic E-state index is -0.258. The molecule has 0 aliphatic carbocycles. The number of aryl methyl sites for hydroxylation is 1. The summed E-state index contributed by atoms with van der Waals surface area (Å²) in [6.45, 7) is 5.68. The summed E-state index contributed by atoms with van der Waals surface area (Å²) in [7, 11) is 0. The van der Waals surface area contributed by atoms with Gasteiger partial charge in [0.05, 0.1) is 5.69 Å². The Hall–Kier alpha value is -1.17. The lowest BCUT2D eigenvalue weighted by Gasteiger charge is -2.00. The summed E-state index contributed by atoms with van der Waals surface area (Å²) in [5.41, 5.74) is 0.895. The number of nitrogens with one attached hydrogen (secondary N) is 2. The number of nitrogens with zero attached hydrogens (tertiary/aromatic N) is 2. The Morgan fingerprint density at radius 3 is 2.85 bits per heavy atom. The first-order chi connectivity index (χ1) is 6.11. The third-order valence-corrected chi connectivity index (χ3v) is 1.66. The predicted molar refractivity (Wildman–Crippen MR) is 51.5 cm³/mol. The average Bonchev–Trinajstić information content (AvgIpc) is 2.47.